The molecule has 2 rings (SSSR count). The van der Waals surface area contributed by atoms with Crippen molar-refractivity contribution >= 4 is 21.3 Å². The molecular formula is C11H15N3O2S. The fourth-order valence-electron chi connectivity index (χ4n) is 1.64. The minimum absolute atomic E-state index is 0.208. The summed E-state index contributed by atoms with van der Waals surface area (Å²) >= 11 is 0. The molecule has 0 aliphatic carbocycles. The van der Waals surface area contributed by atoms with Crippen LogP contribution in [0.15, 0.2) is 30.6 Å². The third-order valence-electron chi connectivity index (χ3n) is 2.43. The lowest BCUT2D eigenvalue weighted by Gasteiger charge is -2.08. The Bertz CT molecular complexity index is 604. The van der Waals surface area contributed by atoms with Crippen LogP contribution in [0, 0.1) is 0 Å². The number of nitrogens with zero attached hydrogens (tertiary/aromatic N) is 2. The van der Waals surface area contributed by atoms with Crippen molar-refractivity contribution < 1.29 is 8.42 Å². The van der Waals surface area contributed by atoms with E-state index in [1.54, 1.807) is 6.20 Å². The third kappa shape index (κ3) is 3.20. The molecular weight excluding hydrogens is 238 g/mol. The number of hydrogen-bond acceptors (Lipinski definition) is 4. The second kappa shape index (κ2) is 4.75. The van der Waals surface area contributed by atoms with Gasteiger partial charge < -0.3 is 5.32 Å². The highest BCUT2D eigenvalue weighted by Crippen LogP contribution is 2.10. The van der Waals surface area contributed by atoms with Crippen molar-refractivity contribution in [2.24, 2.45) is 0 Å². The Labute approximate surface area is 100 Å². The minimum atomic E-state index is -2.87. The van der Waals surface area contributed by atoms with Gasteiger partial charge in [0.1, 0.15) is 21.3 Å². The quantitative estimate of drug-likeness (QED) is 0.813. The maximum atomic E-state index is 11.0. The molecule has 0 amide bonds. The molecule has 2 aromatic heterocycles. The average molecular weight is 253 g/mol. The zero-order chi connectivity index (χ0) is 12.3. The van der Waals surface area contributed by atoms with Crippen molar-refractivity contribution in [2.45, 2.75) is 6.42 Å². The van der Waals surface area contributed by atoms with Gasteiger partial charge in [-0.1, -0.05) is 6.07 Å². The van der Waals surface area contributed by atoms with Gasteiger partial charge in [-0.3, -0.25) is 4.40 Å². The van der Waals surface area contributed by atoms with E-state index in [-0.39, 0.29) is 5.75 Å². The molecule has 5 nitrogen and oxygen atoms in total. The topological polar surface area (TPSA) is 63.5 Å². The number of rotatable bonds is 5. The Morgan fingerprint density at radius 2 is 2.24 bits per heavy atom. The zero-order valence-electron chi connectivity index (χ0n) is 9.63. The smallest absolute Gasteiger partial charge is 0.147 e. The van der Waals surface area contributed by atoms with Crippen molar-refractivity contribution in [1.82, 2.24) is 9.38 Å². The lowest BCUT2D eigenvalue weighted by atomic mass is 10.4. The number of imidazole rings is 1. The summed E-state index contributed by atoms with van der Waals surface area (Å²) in [5.41, 5.74) is 0.873. The van der Waals surface area contributed by atoms with E-state index in [9.17, 15) is 8.42 Å². The van der Waals surface area contributed by atoms with Crippen LogP contribution in [0.5, 0.6) is 0 Å². The molecule has 2 heterocycles. The first-order valence-corrected chi connectivity index (χ1v) is 7.46. The second-order valence-corrected chi connectivity index (χ2v) is 6.24. The Hall–Kier alpha value is -1.56. The van der Waals surface area contributed by atoms with Crippen LogP contribution in [-0.2, 0) is 9.84 Å². The first-order valence-electron chi connectivity index (χ1n) is 5.40. The van der Waals surface area contributed by atoms with Crippen LogP contribution in [-0.4, -0.2) is 36.4 Å². The van der Waals surface area contributed by atoms with Crippen LogP contribution in [0.1, 0.15) is 6.42 Å². The van der Waals surface area contributed by atoms with Gasteiger partial charge in [0, 0.05) is 25.2 Å². The number of hydrogen-bond donors (Lipinski definition) is 1. The molecule has 6 heteroatoms. The molecule has 92 valence electrons. The second-order valence-electron chi connectivity index (χ2n) is 3.98. The number of fused-ring (bicyclic) bond motifs is 1. The van der Waals surface area contributed by atoms with Gasteiger partial charge in [-0.2, -0.15) is 0 Å². The van der Waals surface area contributed by atoms with Crippen molar-refractivity contribution in [3.05, 3.63) is 30.6 Å². The zero-order valence-corrected chi connectivity index (χ0v) is 10.4. The molecule has 2 aromatic rings. The van der Waals surface area contributed by atoms with Crippen LogP contribution >= 0.6 is 0 Å². The van der Waals surface area contributed by atoms with Crippen molar-refractivity contribution in [3.8, 4) is 0 Å². The molecule has 0 atom stereocenters. The molecule has 1 N–H and O–H groups in total. The number of aromatic nitrogens is 2. The Kier molecular flexibility index (Phi) is 3.33. The summed E-state index contributed by atoms with van der Waals surface area (Å²) in [5, 5.41) is 3.20. The minimum Gasteiger partial charge on any atom is -0.371 e. The lowest BCUT2D eigenvalue weighted by molar-refractivity contribution is 0.600. The molecule has 0 saturated heterocycles. The summed E-state index contributed by atoms with van der Waals surface area (Å²) in [6, 6.07) is 5.78. The molecule has 0 unspecified atom stereocenters. The molecule has 0 aliphatic heterocycles. The summed E-state index contributed by atoms with van der Waals surface area (Å²) in [6.45, 7) is 0.629. The van der Waals surface area contributed by atoms with Gasteiger partial charge in [0.2, 0.25) is 0 Å². The van der Waals surface area contributed by atoms with Gasteiger partial charge in [-0.15, -0.1) is 0 Å². The standard InChI is InChI=1S/C11H15N3O2S/c1-17(15,16)9-3-6-12-10-4-2-5-11-13-7-8-14(10)11/h2,4-5,7-8,12H,3,6,9H2,1H3. The predicted molar refractivity (Wildman–Crippen MR) is 68.0 cm³/mol. The van der Waals surface area contributed by atoms with Gasteiger partial charge in [-0.25, -0.2) is 13.4 Å². The monoisotopic (exact) mass is 253 g/mol. The Morgan fingerprint density at radius 1 is 1.41 bits per heavy atom. The van der Waals surface area contributed by atoms with E-state index in [1.165, 1.54) is 6.26 Å². The number of sulfone groups is 1. The van der Waals surface area contributed by atoms with Crippen molar-refractivity contribution in [1.29, 1.82) is 0 Å². The number of pyridine rings is 1. The van der Waals surface area contributed by atoms with Gasteiger partial charge in [-0.05, 0) is 18.6 Å². The predicted octanol–water partition coefficient (Wildman–Crippen LogP) is 1.18. The molecule has 0 fully saturated rings. The van der Waals surface area contributed by atoms with Gasteiger partial charge >= 0.3 is 0 Å². The van der Waals surface area contributed by atoms with Crippen molar-refractivity contribution in [2.75, 3.05) is 23.9 Å². The lowest BCUT2D eigenvalue weighted by Crippen LogP contribution is -2.11. The Balaban J connectivity index is 1.97. The maximum absolute atomic E-state index is 11.0. The molecule has 0 aromatic carbocycles. The average Bonchev–Trinajstić information content (AvgIpc) is 2.71. The van der Waals surface area contributed by atoms with Crippen LogP contribution in [0.25, 0.3) is 5.65 Å². The van der Waals surface area contributed by atoms with Gasteiger partial charge in [0.15, 0.2) is 0 Å². The number of nitrogens with one attached hydrogen (secondary N) is 1. The van der Waals surface area contributed by atoms with E-state index in [4.69, 9.17) is 0 Å². The normalized spacial score (nSPS) is 11.8. The van der Waals surface area contributed by atoms with E-state index < -0.39 is 9.84 Å². The highest BCUT2D eigenvalue weighted by molar-refractivity contribution is 7.90. The van der Waals surface area contributed by atoms with Crippen LogP contribution < -0.4 is 5.32 Å². The fourth-order valence-corrected chi connectivity index (χ4v) is 2.31. The number of anilines is 1. The van der Waals surface area contributed by atoms with Crippen molar-refractivity contribution in [3.63, 3.8) is 0 Å². The molecule has 0 bridgehead atoms. The van der Waals surface area contributed by atoms with Crippen LogP contribution in [0.3, 0.4) is 0 Å². The first kappa shape index (κ1) is 11.9. The summed E-state index contributed by atoms with van der Waals surface area (Å²) in [4.78, 5) is 4.17. The van der Waals surface area contributed by atoms with E-state index in [2.05, 4.69) is 10.3 Å². The highest BCUT2D eigenvalue weighted by Gasteiger charge is 2.02. The van der Waals surface area contributed by atoms with E-state index in [0.717, 1.165) is 11.5 Å². The molecule has 0 saturated carbocycles. The van der Waals surface area contributed by atoms with Crippen LogP contribution in [0.2, 0.25) is 0 Å². The van der Waals surface area contributed by atoms with Crippen LogP contribution in [0.4, 0.5) is 5.82 Å². The van der Waals surface area contributed by atoms with Gasteiger partial charge in [0.05, 0.1) is 5.75 Å². The first-order chi connectivity index (χ1) is 8.06. The van der Waals surface area contributed by atoms with Gasteiger partial charge in [0.25, 0.3) is 0 Å². The summed E-state index contributed by atoms with van der Waals surface area (Å²) in [6.07, 6.45) is 5.46. The summed E-state index contributed by atoms with van der Waals surface area (Å²) in [5.74, 6) is 1.13. The summed E-state index contributed by atoms with van der Waals surface area (Å²) in [7, 11) is -2.87. The van der Waals surface area contributed by atoms with E-state index in [1.807, 2.05) is 28.8 Å². The largest absolute Gasteiger partial charge is 0.371 e. The van der Waals surface area contributed by atoms with E-state index >= 15 is 0 Å². The molecule has 0 aliphatic rings. The molecule has 0 spiro atoms. The third-order valence-corrected chi connectivity index (χ3v) is 3.46. The summed E-state index contributed by atoms with van der Waals surface area (Å²) < 4.78 is 23.9. The van der Waals surface area contributed by atoms with E-state index in [0.29, 0.717) is 13.0 Å². The maximum Gasteiger partial charge on any atom is 0.147 e. The molecule has 0 radical (unpaired) electrons. The Morgan fingerprint density at radius 3 is 3.00 bits per heavy atom. The SMILES string of the molecule is CS(=O)(=O)CCCNc1cccc2nccn12. The fraction of sp³-hybridized carbons (Fsp3) is 0.364. The molecule has 17 heavy (non-hydrogen) atoms. The highest BCUT2D eigenvalue weighted by atomic mass is 32.2.